The summed E-state index contributed by atoms with van der Waals surface area (Å²) in [5.74, 6) is 0.365. The maximum atomic E-state index is 12.6. The van der Waals surface area contributed by atoms with Gasteiger partial charge in [-0.1, -0.05) is 54.1 Å². The number of fused-ring (bicyclic) bond motifs is 1. The molecule has 7 heteroatoms. The molecule has 152 valence electrons. The highest BCUT2D eigenvalue weighted by Gasteiger charge is 2.38. The van der Waals surface area contributed by atoms with Gasteiger partial charge in [-0.05, 0) is 48.1 Å². The number of carbonyl (C=O) groups is 1. The molecule has 2 bridgehead atoms. The van der Waals surface area contributed by atoms with E-state index in [4.69, 9.17) is 25.7 Å². The Morgan fingerprint density at radius 2 is 2.13 bits per heavy atom. The predicted molar refractivity (Wildman–Crippen MR) is 114 cm³/mol. The van der Waals surface area contributed by atoms with Crippen molar-refractivity contribution in [3.8, 4) is 5.75 Å². The zero-order chi connectivity index (χ0) is 20.7. The van der Waals surface area contributed by atoms with Crippen LogP contribution >= 0.6 is 11.6 Å². The summed E-state index contributed by atoms with van der Waals surface area (Å²) in [6.45, 7) is 0.000806. The molecule has 0 spiro atoms. The van der Waals surface area contributed by atoms with E-state index in [-0.39, 0.29) is 17.0 Å². The fourth-order valence-corrected chi connectivity index (χ4v) is 4.89. The average molecular weight is 423 g/mol. The van der Waals surface area contributed by atoms with Crippen LogP contribution in [0.5, 0.6) is 5.75 Å². The van der Waals surface area contributed by atoms with Gasteiger partial charge in [-0.15, -0.1) is 0 Å². The second-order valence-electron chi connectivity index (χ2n) is 7.77. The van der Waals surface area contributed by atoms with Crippen molar-refractivity contribution in [1.82, 2.24) is 0 Å². The largest absolute Gasteiger partial charge is 0.493 e. The van der Waals surface area contributed by atoms with Crippen molar-refractivity contribution in [2.24, 2.45) is 5.41 Å². The van der Waals surface area contributed by atoms with Gasteiger partial charge in [0.2, 0.25) is 0 Å². The van der Waals surface area contributed by atoms with Gasteiger partial charge in [0.15, 0.2) is 6.61 Å². The molecule has 1 N–H and O–H groups in total. The average Bonchev–Trinajstić information content (AvgIpc) is 3.33. The van der Waals surface area contributed by atoms with Crippen molar-refractivity contribution < 1.29 is 23.9 Å². The molecule has 1 saturated carbocycles. The summed E-state index contributed by atoms with van der Waals surface area (Å²) in [7, 11) is -1.08. The molecule has 0 aromatic heterocycles. The van der Waals surface area contributed by atoms with Gasteiger partial charge in [0.1, 0.15) is 11.5 Å². The van der Waals surface area contributed by atoms with Crippen LogP contribution in [-0.2, 0) is 20.8 Å². The van der Waals surface area contributed by atoms with E-state index in [9.17, 15) is 9.82 Å². The fourth-order valence-electron chi connectivity index (χ4n) is 4.56. The highest BCUT2D eigenvalue weighted by Crippen LogP contribution is 2.50. The van der Waals surface area contributed by atoms with Gasteiger partial charge in [0.25, 0.3) is 0 Å². The molecule has 3 aliphatic carbocycles. The summed E-state index contributed by atoms with van der Waals surface area (Å²) in [6.07, 6.45) is 17.3. The van der Waals surface area contributed by atoms with Crippen LogP contribution in [0, 0.1) is 5.41 Å². The van der Waals surface area contributed by atoms with Gasteiger partial charge in [0, 0.05) is 10.9 Å². The van der Waals surface area contributed by atoms with Crippen LogP contribution in [-0.4, -0.2) is 24.7 Å². The maximum absolute atomic E-state index is 12.6. The molecule has 5 rings (SSSR count). The molecule has 0 amide bonds. The van der Waals surface area contributed by atoms with Crippen molar-refractivity contribution >= 4 is 30.2 Å². The number of halogens is 1. The highest BCUT2D eigenvalue weighted by atomic mass is 35.5. The lowest BCUT2D eigenvalue weighted by Gasteiger charge is -2.35. The Bertz CT molecular complexity index is 1070. The summed E-state index contributed by atoms with van der Waals surface area (Å²) in [5, 5.41) is 10.2. The minimum Gasteiger partial charge on any atom is -0.480 e. The summed E-state index contributed by atoms with van der Waals surface area (Å²) < 4.78 is 16.5. The predicted octanol–water partition coefficient (Wildman–Crippen LogP) is 3.53. The Hall–Kier alpha value is -2.54. The third-order valence-electron chi connectivity index (χ3n) is 6.00. The lowest BCUT2D eigenvalue weighted by atomic mass is 9.69. The smallest absolute Gasteiger partial charge is 0.480 e. The Morgan fingerprint density at radius 3 is 3.03 bits per heavy atom. The van der Waals surface area contributed by atoms with Gasteiger partial charge >= 0.3 is 13.1 Å². The topological polar surface area (TPSA) is 65.0 Å². The summed E-state index contributed by atoms with van der Waals surface area (Å²) in [6, 6.07) is 3.44. The Balaban J connectivity index is 1.33. The van der Waals surface area contributed by atoms with Crippen LogP contribution < -0.4 is 10.2 Å². The number of hydrogen-bond acceptors (Lipinski definition) is 5. The standard InChI is InChI=1S/C23H20BClO5/c25-22-19(9-8-15-13-29-24(27)21(15)22)28-14-20(26)30-18-7-1-2-10-23-11-3-5-16(18)17(23)6-4-12-23/h1-2,4,6-10,12,27H,3,5,11,13-14H2. The van der Waals surface area contributed by atoms with Crippen molar-refractivity contribution in [2.75, 3.05) is 6.61 Å². The molecule has 30 heavy (non-hydrogen) atoms. The Labute approximate surface area is 180 Å². The third-order valence-corrected chi connectivity index (χ3v) is 6.39. The molecule has 0 saturated heterocycles. The van der Waals surface area contributed by atoms with Crippen molar-refractivity contribution in [3.63, 3.8) is 0 Å². The first-order valence-electron chi connectivity index (χ1n) is 10.0. The van der Waals surface area contributed by atoms with Crippen molar-refractivity contribution in [1.29, 1.82) is 0 Å². The Morgan fingerprint density at radius 1 is 1.27 bits per heavy atom. The third kappa shape index (κ3) is 3.25. The molecule has 1 aliphatic heterocycles. The van der Waals surface area contributed by atoms with E-state index in [1.807, 2.05) is 18.2 Å². The second-order valence-corrected chi connectivity index (χ2v) is 8.15. The van der Waals surface area contributed by atoms with Gasteiger partial charge in [-0.25, -0.2) is 4.79 Å². The maximum Gasteiger partial charge on any atom is 0.493 e. The molecule has 1 aromatic carbocycles. The van der Waals surface area contributed by atoms with Gasteiger partial charge in [0.05, 0.1) is 11.6 Å². The van der Waals surface area contributed by atoms with E-state index in [0.717, 1.165) is 30.4 Å². The molecule has 1 fully saturated rings. The quantitative estimate of drug-likeness (QED) is 0.594. The molecular formula is C23H20BClO5. The van der Waals surface area contributed by atoms with Crippen molar-refractivity contribution in [3.05, 3.63) is 82.2 Å². The first-order chi connectivity index (χ1) is 14.6. The van der Waals surface area contributed by atoms with Gasteiger partial charge in [-0.2, -0.15) is 0 Å². The van der Waals surface area contributed by atoms with E-state index < -0.39 is 13.1 Å². The summed E-state index contributed by atoms with van der Waals surface area (Å²) >= 11 is 6.33. The molecule has 1 atom stereocenters. The van der Waals surface area contributed by atoms with Crippen LogP contribution in [0.2, 0.25) is 5.02 Å². The molecular weight excluding hydrogens is 403 g/mol. The zero-order valence-electron chi connectivity index (χ0n) is 16.3. The number of ether oxygens (including phenoxy) is 2. The SMILES string of the molecule is O=C(COc1ccc2c(c1Cl)B(O)OC2)OC1=C2CCCC3(C=CC=C1)C=CC=C23. The number of carbonyl (C=O) groups excluding carboxylic acids is 1. The van der Waals surface area contributed by atoms with Crippen molar-refractivity contribution in [2.45, 2.75) is 25.9 Å². The number of benzene rings is 1. The zero-order valence-corrected chi connectivity index (χ0v) is 17.0. The van der Waals surface area contributed by atoms with Crippen LogP contribution in [0.3, 0.4) is 0 Å². The van der Waals surface area contributed by atoms with E-state index in [1.165, 1.54) is 5.57 Å². The molecule has 5 nitrogen and oxygen atoms in total. The molecule has 4 aliphatic rings. The van der Waals surface area contributed by atoms with Crippen LogP contribution in [0.1, 0.15) is 24.8 Å². The fraction of sp³-hybridized carbons (Fsp3) is 0.261. The lowest BCUT2D eigenvalue weighted by Crippen LogP contribution is -2.29. The first-order valence-corrected chi connectivity index (χ1v) is 10.4. The van der Waals surface area contributed by atoms with Crippen LogP contribution in [0.15, 0.2) is 71.6 Å². The second kappa shape index (κ2) is 7.62. The molecule has 1 unspecified atom stereocenters. The van der Waals surface area contributed by atoms with E-state index in [0.29, 0.717) is 23.6 Å². The number of hydrogen-bond donors (Lipinski definition) is 1. The first kappa shape index (κ1) is 19.4. The summed E-state index contributed by atoms with van der Waals surface area (Å²) in [5.41, 5.74) is 3.47. The van der Waals surface area contributed by atoms with Gasteiger partial charge in [-0.3, -0.25) is 0 Å². The van der Waals surface area contributed by atoms with Gasteiger partial charge < -0.3 is 19.2 Å². The molecule has 1 heterocycles. The Kier molecular flexibility index (Phi) is 4.93. The van der Waals surface area contributed by atoms with E-state index in [2.05, 4.69) is 24.3 Å². The molecule has 1 aromatic rings. The lowest BCUT2D eigenvalue weighted by molar-refractivity contribution is -0.141. The number of esters is 1. The van der Waals surface area contributed by atoms with Crippen LogP contribution in [0.25, 0.3) is 0 Å². The minimum atomic E-state index is -1.08. The monoisotopic (exact) mass is 422 g/mol. The summed E-state index contributed by atoms with van der Waals surface area (Å²) in [4.78, 5) is 12.6. The highest BCUT2D eigenvalue weighted by molar-refractivity contribution is 6.65. The number of allylic oxidation sites excluding steroid dienone is 9. The molecule has 0 radical (unpaired) electrons. The van der Waals surface area contributed by atoms with E-state index >= 15 is 0 Å². The van der Waals surface area contributed by atoms with E-state index in [1.54, 1.807) is 12.1 Å². The normalized spacial score (nSPS) is 23.7. The van der Waals surface area contributed by atoms with Crippen LogP contribution in [0.4, 0.5) is 0 Å². The number of rotatable bonds is 4. The minimum absolute atomic E-state index is 0.0899.